The molecule has 1 atom stereocenters. The lowest BCUT2D eigenvalue weighted by Gasteiger charge is -2.16. The predicted octanol–water partition coefficient (Wildman–Crippen LogP) is 1.11. The number of carbonyl (C=O) groups is 2. The summed E-state index contributed by atoms with van der Waals surface area (Å²) in [4.78, 5) is 22.4. The average Bonchev–Trinajstić information content (AvgIpc) is 2.36. The van der Waals surface area contributed by atoms with Crippen LogP contribution < -0.4 is 10.6 Å². The number of hydrogen-bond acceptors (Lipinski definition) is 4. The SMILES string of the molecule is COC(=O)C(CNCc1cccc(Cl)c1)NC(C)=O. The number of esters is 1. The lowest BCUT2D eigenvalue weighted by atomic mass is 10.2. The van der Waals surface area contributed by atoms with Crippen molar-refractivity contribution in [1.82, 2.24) is 10.6 Å². The summed E-state index contributed by atoms with van der Waals surface area (Å²) >= 11 is 5.87. The van der Waals surface area contributed by atoms with Gasteiger partial charge in [0.05, 0.1) is 7.11 Å². The van der Waals surface area contributed by atoms with E-state index in [4.69, 9.17) is 11.6 Å². The normalized spacial score (nSPS) is 11.7. The third kappa shape index (κ3) is 5.72. The zero-order valence-electron chi connectivity index (χ0n) is 10.9. The maximum Gasteiger partial charge on any atom is 0.329 e. The summed E-state index contributed by atoms with van der Waals surface area (Å²) in [5.74, 6) is -0.756. The van der Waals surface area contributed by atoms with E-state index < -0.39 is 12.0 Å². The van der Waals surface area contributed by atoms with Gasteiger partial charge in [-0.05, 0) is 17.7 Å². The molecule has 1 amide bonds. The number of halogens is 1. The van der Waals surface area contributed by atoms with Crippen molar-refractivity contribution in [1.29, 1.82) is 0 Å². The summed E-state index contributed by atoms with van der Waals surface area (Å²) in [7, 11) is 1.29. The molecule has 1 aromatic carbocycles. The van der Waals surface area contributed by atoms with Crippen LogP contribution in [-0.2, 0) is 20.9 Å². The highest BCUT2D eigenvalue weighted by molar-refractivity contribution is 6.30. The van der Waals surface area contributed by atoms with Crippen LogP contribution >= 0.6 is 11.6 Å². The van der Waals surface area contributed by atoms with Gasteiger partial charge in [0.1, 0.15) is 6.04 Å². The van der Waals surface area contributed by atoms with E-state index in [-0.39, 0.29) is 5.91 Å². The number of carbonyl (C=O) groups excluding carboxylic acids is 2. The van der Waals surface area contributed by atoms with E-state index in [2.05, 4.69) is 15.4 Å². The fraction of sp³-hybridized carbons (Fsp3) is 0.385. The van der Waals surface area contributed by atoms with Gasteiger partial charge in [-0.25, -0.2) is 4.79 Å². The van der Waals surface area contributed by atoms with Gasteiger partial charge < -0.3 is 15.4 Å². The van der Waals surface area contributed by atoms with Gasteiger partial charge in [-0.2, -0.15) is 0 Å². The minimum Gasteiger partial charge on any atom is -0.467 e. The summed E-state index contributed by atoms with van der Waals surface area (Å²) in [6.45, 7) is 2.19. The molecule has 0 saturated carbocycles. The largest absolute Gasteiger partial charge is 0.467 e. The second-order valence-corrected chi connectivity index (χ2v) is 4.47. The molecule has 6 heteroatoms. The molecule has 1 aromatic rings. The molecule has 2 N–H and O–H groups in total. The van der Waals surface area contributed by atoms with Gasteiger partial charge in [0.25, 0.3) is 0 Å². The van der Waals surface area contributed by atoms with Gasteiger partial charge >= 0.3 is 5.97 Å². The van der Waals surface area contributed by atoms with Gasteiger partial charge in [-0.3, -0.25) is 4.79 Å². The summed E-state index contributed by atoms with van der Waals surface area (Å²) in [5.41, 5.74) is 0.999. The molecule has 0 spiro atoms. The molecule has 5 nitrogen and oxygen atoms in total. The maximum absolute atomic E-state index is 11.4. The Balaban J connectivity index is 2.48. The Bertz CT molecular complexity index is 451. The molecule has 0 radical (unpaired) electrons. The maximum atomic E-state index is 11.4. The first kappa shape index (κ1) is 15.5. The van der Waals surface area contributed by atoms with Crippen molar-refractivity contribution < 1.29 is 14.3 Å². The summed E-state index contributed by atoms with van der Waals surface area (Å²) in [6, 6.07) is 6.71. The summed E-state index contributed by atoms with van der Waals surface area (Å²) < 4.78 is 4.62. The molecule has 1 rings (SSSR count). The Morgan fingerprint density at radius 3 is 2.74 bits per heavy atom. The number of hydrogen-bond donors (Lipinski definition) is 2. The van der Waals surface area contributed by atoms with Crippen LogP contribution in [0.4, 0.5) is 0 Å². The van der Waals surface area contributed by atoms with Crippen LogP contribution in [0.1, 0.15) is 12.5 Å². The van der Waals surface area contributed by atoms with E-state index in [1.165, 1.54) is 14.0 Å². The van der Waals surface area contributed by atoms with Crippen LogP contribution in [0.25, 0.3) is 0 Å². The molecule has 0 aliphatic rings. The molecule has 19 heavy (non-hydrogen) atoms. The van der Waals surface area contributed by atoms with E-state index in [0.717, 1.165) is 5.56 Å². The molecule has 0 aromatic heterocycles. The second-order valence-electron chi connectivity index (χ2n) is 4.04. The lowest BCUT2D eigenvalue weighted by Crippen LogP contribution is -2.46. The van der Waals surface area contributed by atoms with Crippen LogP contribution in [0.3, 0.4) is 0 Å². The van der Waals surface area contributed by atoms with Gasteiger partial charge in [0, 0.05) is 25.0 Å². The zero-order chi connectivity index (χ0) is 14.3. The van der Waals surface area contributed by atoms with Gasteiger partial charge in [-0.1, -0.05) is 23.7 Å². The Morgan fingerprint density at radius 2 is 2.16 bits per heavy atom. The first-order valence-corrected chi connectivity index (χ1v) is 6.21. The van der Waals surface area contributed by atoms with Crippen LogP contribution in [-0.4, -0.2) is 31.6 Å². The number of amides is 1. The first-order valence-electron chi connectivity index (χ1n) is 5.83. The number of rotatable bonds is 6. The summed E-state index contributed by atoms with van der Waals surface area (Å²) in [6.07, 6.45) is 0. The van der Waals surface area contributed by atoms with E-state index in [1.807, 2.05) is 18.2 Å². The monoisotopic (exact) mass is 284 g/mol. The Kier molecular flexibility index (Phi) is 6.32. The minimum atomic E-state index is -0.693. The highest BCUT2D eigenvalue weighted by Crippen LogP contribution is 2.10. The predicted molar refractivity (Wildman–Crippen MR) is 72.8 cm³/mol. The number of benzene rings is 1. The third-order valence-electron chi connectivity index (χ3n) is 2.43. The van der Waals surface area contributed by atoms with Crippen LogP contribution in [0, 0.1) is 0 Å². The van der Waals surface area contributed by atoms with Crippen molar-refractivity contribution in [2.75, 3.05) is 13.7 Å². The topological polar surface area (TPSA) is 67.4 Å². The quantitative estimate of drug-likeness (QED) is 0.768. The fourth-order valence-electron chi connectivity index (χ4n) is 1.59. The zero-order valence-corrected chi connectivity index (χ0v) is 11.7. The molecular weight excluding hydrogens is 268 g/mol. The van der Waals surface area contributed by atoms with Crippen LogP contribution in [0.2, 0.25) is 5.02 Å². The third-order valence-corrected chi connectivity index (χ3v) is 2.66. The van der Waals surface area contributed by atoms with Gasteiger partial charge in [0.15, 0.2) is 0 Å². The van der Waals surface area contributed by atoms with Crippen molar-refractivity contribution in [2.45, 2.75) is 19.5 Å². The van der Waals surface area contributed by atoms with Crippen molar-refractivity contribution in [3.05, 3.63) is 34.9 Å². The molecule has 0 heterocycles. The van der Waals surface area contributed by atoms with Gasteiger partial charge in [-0.15, -0.1) is 0 Å². The van der Waals surface area contributed by atoms with Crippen molar-refractivity contribution in [2.24, 2.45) is 0 Å². The van der Waals surface area contributed by atoms with Gasteiger partial charge in [0.2, 0.25) is 5.91 Å². The minimum absolute atomic E-state index is 0.278. The standard InChI is InChI=1S/C13H17ClN2O3/c1-9(17)16-12(13(18)19-2)8-15-7-10-4-3-5-11(14)6-10/h3-6,12,15H,7-8H2,1-2H3,(H,16,17). The number of methoxy groups -OCH3 is 1. The molecule has 104 valence electrons. The lowest BCUT2D eigenvalue weighted by molar-refractivity contribution is -0.144. The first-order chi connectivity index (χ1) is 9.02. The van der Waals surface area contributed by atoms with Crippen molar-refractivity contribution in [3.63, 3.8) is 0 Å². The van der Waals surface area contributed by atoms with Crippen molar-refractivity contribution >= 4 is 23.5 Å². The van der Waals surface area contributed by atoms with Crippen LogP contribution in [0.15, 0.2) is 24.3 Å². The molecule has 0 aliphatic heterocycles. The summed E-state index contributed by atoms with van der Waals surface area (Å²) in [5, 5.41) is 6.26. The molecule has 0 bridgehead atoms. The second kappa shape index (κ2) is 7.76. The molecular formula is C13H17ClN2O3. The van der Waals surface area contributed by atoms with E-state index in [1.54, 1.807) is 6.07 Å². The highest BCUT2D eigenvalue weighted by atomic mass is 35.5. The van der Waals surface area contributed by atoms with E-state index in [9.17, 15) is 9.59 Å². The average molecular weight is 285 g/mol. The molecule has 0 fully saturated rings. The fourth-order valence-corrected chi connectivity index (χ4v) is 1.80. The highest BCUT2D eigenvalue weighted by Gasteiger charge is 2.19. The number of ether oxygens (including phenoxy) is 1. The van der Waals surface area contributed by atoms with E-state index in [0.29, 0.717) is 18.1 Å². The Labute approximate surface area is 117 Å². The molecule has 0 saturated heterocycles. The molecule has 1 unspecified atom stereocenters. The van der Waals surface area contributed by atoms with Crippen LogP contribution in [0.5, 0.6) is 0 Å². The Morgan fingerprint density at radius 1 is 1.42 bits per heavy atom. The van der Waals surface area contributed by atoms with Crippen molar-refractivity contribution in [3.8, 4) is 0 Å². The van der Waals surface area contributed by atoms with E-state index >= 15 is 0 Å². The number of nitrogens with one attached hydrogen (secondary N) is 2. The Hall–Kier alpha value is -1.59. The smallest absolute Gasteiger partial charge is 0.329 e. The molecule has 0 aliphatic carbocycles.